The number of methoxy groups -OCH3 is 1. The number of aromatic amines is 1. The first-order valence-corrected chi connectivity index (χ1v) is 11.4. The van der Waals surface area contributed by atoms with Crippen molar-refractivity contribution < 1.29 is 14.6 Å². The molecule has 0 bridgehead atoms. The number of hydrogen-bond donors (Lipinski definition) is 3. The Morgan fingerprint density at radius 1 is 1.28 bits per heavy atom. The molecule has 1 aliphatic heterocycles. The minimum Gasteiger partial charge on any atom is -0.496 e. The monoisotopic (exact) mass is 435 g/mol. The zero-order chi connectivity index (χ0) is 22.8. The van der Waals surface area contributed by atoms with Crippen LogP contribution in [0.15, 0.2) is 36.5 Å². The summed E-state index contributed by atoms with van der Waals surface area (Å²) in [7, 11) is 1.74. The SMILES string of the molecule is COc1cc(C)c2[nH]ccc2c1CN1CCCCC1c1ccc(C(=O)O)cc1NC(C)C. The highest BCUT2D eigenvalue weighted by molar-refractivity contribution is 5.89. The Bertz CT molecular complexity index is 1120. The van der Waals surface area contributed by atoms with Gasteiger partial charge in [0.15, 0.2) is 0 Å². The third-order valence-corrected chi connectivity index (χ3v) is 6.41. The van der Waals surface area contributed by atoms with Gasteiger partial charge in [0.2, 0.25) is 0 Å². The lowest BCUT2D eigenvalue weighted by atomic mass is 9.91. The van der Waals surface area contributed by atoms with Crippen LogP contribution in [0.25, 0.3) is 10.9 Å². The number of rotatable bonds is 7. The summed E-state index contributed by atoms with van der Waals surface area (Å²) in [6.07, 6.45) is 5.35. The van der Waals surface area contributed by atoms with E-state index in [1.54, 1.807) is 19.2 Å². The smallest absolute Gasteiger partial charge is 0.335 e. The van der Waals surface area contributed by atoms with Gasteiger partial charge in [0.25, 0.3) is 0 Å². The molecule has 0 saturated carbocycles. The highest BCUT2D eigenvalue weighted by Gasteiger charge is 2.28. The summed E-state index contributed by atoms with van der Waals surface area (Å²) in [6.45, 7) is 8.04. The fourth-order valence-corrected chi connectivity index (χ4v) is 4.93. The number of carbonyl (C=O) groups is 1. The number of aromatic nitrogens is 1. The highest BCUT2D eigenvalue weighted by Crippen LogP contribution is 2.39. The summed E-state index contributed by atoms with van der Waals surface area (Å²) < 4.78 is 5.79. The average molecular weight is 436 g/mol. The topological polar surface area (TPSA) is 77.6 Å². The lowest BCUT2D eigenvalue weighted by Crippen LogP contribution is -2.34. The van der Waals surface area contributed by atoms with Crippen molar-refractivity contribution in [1.82, 2.24) is 9.88 Å². The van der Waals surface area contributed by atoms with Crippen LogP contribution in [0.2, 0.25) is 0 Å². The first kappa shape index (κ1) is 22.2. The maximum Gasteiger partial charge on any atom is 0.335 e. The molecule has 0 radical (unpaired) electrons. The van der Waals surface area contributed by atoms with Gasteiger partial charge in [-0.25, -0.2) is 4.79 Å². The van der Waals surface area contributed by atoms with E-state index in [1.807, 2.05) is 12.3 Å². The molecule has 3 N–H and O–H groups in total. The Labute approximate surface area is 189 Å². The van der Waals surface area contributed by atoms with Crippen molar-refractivity contribution >= 4 is 22.6 Å². The quantitative estimate of drug-likeness (QED) is 0.442. The molecule has 1 unspecified atom stereocenters. The number of nitrogens with zero attached hydrogens (tertiary/aromatic N) is 1. The fraction of sp³-hybridized carbons (Fsp3) is 0.423. The first-order valence-electron chi connectivity index (χ1n) is 11.4. The van der Waals surface area contributed by atoms with Crippen molar-refractivity contribution in [2.75, 3.05) is 19.0 Å². The largest absolute Gasteiger partial charge is 0.496 e. The second-order valence-corrected chi connectivity index (χ2v) is 9.03. The third-order valence-electron chi connectivity index (χ3n) is 6.41. The molecule has 1 saturated heterocycles. The van der Waals surface area contributed by atoms with Crippen molar-refractivity contribution in [3.8, 4) is 5.75 Å². The number of aromatic carboxylic acids is 1. The van der Waals surface area contributed by atoms with Gasteiger partial charge >= 0.3 is 5.97 Å². The van der Waals surface area contributed by atoms with Crippen molar-refractivity contribution in [1.29, 1.82) is 0 Å². The lowest BCUT2D eigenvalue weighted by Gasteiger charge is -2.37. The Kier molecular flexibility index (Phi) is 6.42. The normalized spacial score (nSPS) is 17.1. The van der Waals surface area contributed by atoms with Gasteiger partial charge in [-0.15, -0.1) is 0 Å². The highest BCUT2D eigenvalue weighted by atomic mass is 16.5. The van der Waals surface area contributed by atoms with Crippen LogP contribution in [-0.4, -0.2) is 40.7 Å². The molecule has 0 amide bonds. The van der Waals surface area contributed by atoms with E-state index in [-0.39, 0.29) is 12.1 Å². The van der Waals surface area contributed by atoms with Crippen molar-refractivity contribution in [2.24, 2.45) is 0 Å². The van der Waals surface area contributed by atoms with Crippen LogP contribution in [0, 0.1) is 6.92 Å². The number of hydrogen-bond acceptors (Lipinski definition) is 4. The summed E-state index contributed by atoms with van der Waals surface area (Å²) in [5.74, 6) is 0.0174. The summed E-state index contributed by atoms with van der Waals surface area (Å²) in [5, 5.41) is 14.2. The van der Waals surface area contributed by atoms with Crippen LogP contribution < -0.4 is 10.1 Å². The van der Waals surface area contributed by atoms with Crippen LogP contribution in [-0.2, 0) is 6.54 Å². The van der Waals surface area contributed by atoms with Crippen molar-refractivity contribution in [3.05, 3.63) is 58.8 Å². The number of carboxylic acids is 1. The van der Waals surface area contributed by atoms with Crippen LogP contribution in [0.4, 0.5) is 5.69 Å². The molecule has 32 heavy (non-hydrogen) atoms. The second kappa shape index (κ2) is 9.25. The lowest BCUT2D eigenvalue weighted by molar-refractivity contribution is 0.0696. The van der Waals surface area contributed by atoms with Gasteiger partial charge in [-0.2, -0.15) is 0 Å². The van der Waals surface area contributed by atoms with E-state index in [1.165, 1.54) is 22.1 Å². The van der Waals surface area contributed by atoms with Gasteiger partial charge in [0.05, 0.1) is 12.7 Å². The molecule has 6 heteroatoms. The predicted molar refractivity (Wildman–Crippen MR) is 129 cm³/mol. The Balaban J connectivity index is 1.74. The number of fused-ring (bicyclic) bond motifs is 1. The van der Waals surface area contributed by atoms with Crippen molar-refractivity contribution in [2.45, 2.75) is 58.7 Å². The first-order chi connectivity index (χ1) is 15.4. The van der Waals surface area contributed by atoms with E-state index in [0.717, 1.165) is 49.3 Å². The number of nitrogens with one attached hydrogen (secondary N) is 2. The summed E-state index contributed by atoms with van der Waals surface area (Å²) in [6, 6.07) is 10.2. The van der Waals surface area contributed by atoms with Gasteiger partial charge in [-0.3, -0.25) is 4.90 Å². The molecule has 1 aliphatic rings. The molecule has 4 rings (SSSR count). The van der Waals surface area contributed by atoms with Gasteiger partial charge in [-0.1, -0.05) is 12.5 Å². The van der Waals surface area contributed by atoms with Gasteiger partial charge < -0.3 is 20.1 Å². The predicted octanol–water partition coefficient (Wildman–Crippen LogP) is 5.73. The summed E-state index contributed by atoms with van der Waals surface area (Å²) in [5.41, 5.74) is 5.92. The molecule has 1 atom stereocenters. The Hall–Kier alpha value is -2.99. The molecule has 2 heterocycles. The number of ether oxygens (including phenoxy) is 1. The third kappa shape index (κ3) is 4.32. The van der Waals surface area contributed by atoms with E-state index >= 15 is 0 Å². The summed E-state index contributed by atoms with van der Waals surface area (Å²) >= 11 is 0. The molecular weight excluding hydrogens is 402 g/mol. The fourth-order valence-electron chi connectivity index (χ4n) is 4.93. The molecule has 1 aromatic heterocycles. The van der Waals surface area contributed by atoms with E-state index in [2.05, 4.69) is 48.1 Å². The molecule has 1 fully saturated rings. The maximum absolute atomic E-state index is 11.6. The molecule has 6 nitrogen and oxygen atoms in total. The molecular formula is C26H33N3O3. The zero-order valence-electron chi connectivity index (χ0n) is 19.4. The number of carboxylic acid groups (broad SMARTS) is 1. The van der Waals surface area contributed by atoms with E-state index < -0.39 is 5.97 Å². The molecule has 0 spiro atoms. The van der Waals surface area contributed by atoms with Gasteiger partial charge in [0.1, 0.15) is 5.75 Å². The Morgan fingerprint density at radius 2 is 2.09 bits per heavy atom. The number of likely N-dealkylation sites (tertiary alicyclic amines) is 1. The molecule has 3 aromatic rings. The number of anilines is 1. The number of aryl methyl sites for hydroxylation is 1. The molecule has 2 aromatic carbocycles. The Morgan fingerprint density at radius 3 is 2.81 bits per heavy atom. The van der Waals surface area contributed by atoms with E-state index in [4.69, 9.17) is 4.74 Å². The molecule has 170 valence electrons. The average Bonchev–Trinajstić information content (AvgIpc) is 3.26. The van der Waals surface area contributed by atoms with Crippen LogP contribution >= 0.6 is 0 Å². The minimum absolute atomic E-state index is 0.214. The standard InChI is InChI=1S/C26H33N3O3/c1-16(2)28-22-14-18(26(30)31)8-9-20(22)23-7-5-6-12-29(23)15-21-19-10-11-27-25(19)17(3)13-24(21)32-4/h8-11,13-14,16,23,27-28H,5-7,12,15H2,1-4H3,(H,30,31). The van der Waals surface area contributed by atoms with Gasteiger partial charge in [-0.05, 0) is 75.5 Å². The van der Waals surface area contributed by atoms with Crippen molar-refractivity contribution in [3.63, 3.8) is 0 Å². The van der Waals surface area contributed by atoms with Crippen LogP contribution in [0.5, 0.6) is 5.75 Å². The summed E-state index contributed by atoms with van der Waals surface area (Å²) in [4.78, 5) is 17.5. The van der Waals surface area contributed by atoms with E-state index in [0.29, 0.717) is 5.56 Å². The zero-order valence-corrected chi connectivity index (χ0v) is 19.4. The second-order valence-electron chi connectivity index (χ2n) is 9.03. The van der Waals surface area contributed by atoms with Crippen LogP contribution in [0.1, 0.15) is 66.2 Å². The number of H-pyrrole nitrogens is 1. The number of benzene rings is 2. The number of piperidine rings is 1. The van der Waals surface area contributed by atoms with E-state index in [9.17, 15) is 9.90 Å². The minimum atomic E-state index is -0.900. The molecule has 0 aliphatic carbocycles. The van der Waals surface area contributed by atoms with Crippen LogP contribution in [0.3, 0.4) is 0 Å². The maximum atomic E-state index is 11.6. The van der Waals surface area contributed by atoms with Gasteiger partial charge in [0, 0.05) is 47.0 Å².